The largest absolute Gasteiger partial charge is 0.512 e. The Labute approximate surface area is 99.7 Å². The van der Waals surface area contributed by atoms with Crippen LogP contribution in [-0.4, -0.2) is 10.9 Å². The first-order valence-corrected chi connectivity index (χ1v) is 6.54. The number of rotatable bonds is 8. The molecule has 0 amide bonds. The number of carbonyl (C=O) groups excluding carboxylic acids is 1. The summed E-state index contributed by atoms with van der Waals surface area (Å²) in [7, 11) is 0. The molecule has 0 aliphatic heterocycles. The maximum absolute atomic E-state index is 11.9. The molecule has 0 saturated carbocycles. The minimum Gasteiger partial charge on any atom is -0.512 e. The van der Waals surface area contributed by atoms with Gasteiger partial charge in [0, 0.05) is 17.9 Å². The van der Waals surface area contributed by atoms with E-state index in [-0.39, 0.29) is 23.4 Å². The Hall–Kier alpha value is -0.790. The van der Waals surface area contributed by atoms with Gasteiger partial charge in [-0.3, -0.25) is 4.79 Å². The summed E-state index contributed by atoms with van der Waals surface area (Å²) in [5.74, 6) is 0.586. The van der Waals surface area contributed by atoms with E-state index in [2.05, 4.69) is 6.92 Å². The molecule has 1 N–H and O–H groups in total. The molecule has 0 saturated heterocycles. The van der Waals surface area contributed by atoms with Crippen molar-refractivity contribution in [1.29, 1.82) is 0 Å². The van der Waals surface area contributed by atoms with Gasteiger partial charge in [0.2, 0.25) is 0 Å². The number of hydrogen-bond donors (Lipinski definition) is 1. The van der Waals surface area contributed by atoms with Gasteiger partial charge in [0.25, 0.3) is 0 Å². The molecule has 2 heteroatoms. The van der Waals surface area contributed by atoms with Gasteiger partial charge in [-0.2, -0.15) is 0 Å². The molecular formula is C14H26O2. The number of ketones is 1. The molecule has 0 aliphatic carbocycles. The molecular weight excluding hydrogens is 200 g/mol. The summed E-state index contributed by atoms with van der Waals surface area (Å²) in [6, 6.07) is 0. The number of aliphatic hydroxyl groups excluding tert-OH is 1. The van der Waals surface area contributed by atoms with Crippen LogP contribution in [0.5, 0.6) is 0 Å². The van der Waals surface area contributed by atoms with Gasteiger partial charge in [-0.1, -0.05) is 34.1 Å². The zero-order valence-corrected chi connectivity index (χ0v) is 11.1. The lowest BCUT2D eigenvalue weighted by atomic mass is 9.93. The molecule has 1 unspecified atom stereocenters. The third-order valence-electron chi connectivity index (χ3n) is 3.23. The minimum absolute atomic E-state index is 0.0847. The van der Waals surface area contributed by atoms with Crippen LogP contribution in [0.3, 0.4) is 0 Å². The normalized spacial score (nSPS) is 14.2. The summed E-state index contributed by atoms with van der Waals surface area (Å²) in [4.78, 5) is 11.9. The van der Waals surface area contributed by atoms with Gasteiger partial charge in [0.05, 0.1) is 5.76 Å². The average Bonchev–Trinajstić information content (AvgIpc) is 2.27. The summed E-state index contributed by atoms with van der Waals surface area (Å²) in [6.07, 6.45) is 6.03. The number of aliphatic hydroxyl groups is 1. The van der Waals surface area contributed by atoms with Crippen LogP contribution < -0.4 is 0 Å². The second kappa shape index (κ2) is 8.37. The van der Waals surface area contributed by atoms with E-state index >= 15 is 0 Å². The van der Waals surface area contributed by atoms with E-state index in [0.717, 1.165) is 32.1 Å². The first kappa shape index (κ1) is 15.2. The van der Waals surface area contributed by atoms with Crippen molar-refractivity contribution >= 4 is 5.78 Å². The fraction of sp³-hybridized carbons (Fsp3) is 0.786. The minimum atomic E-state index is 0.0847. The van der Waals surface area contributed by atoms with E-state index < -0.39 is 0 Å². The van der Waals surface area contributed by atoms with E-state index in [1.807, 2.05) is 20.8 Å². The Morgan fingerprint density at radius 3 is 1.94 bits per heavy atom. The van der Waals surface area contributed by atoms with Crippen molar-refractivity contribution in [2.24, 2.45) is 11.8 Å². The van der Waals surface area contributed by atoms with Gasteiger partial charge in [-0.15, -0.1) is 0 Å². The van der Waals surface area contributed by atoms with E-state index in [9.17, 15) is 9.90 Å². The molecule has 0 aliphatic rings. The summed E-state index contributed by atoms with van der Waals surface area (Å²) in [5.41, 5.74) is 0. The van der Waals surface area contributed by atoms with Gasteiger partial charge in [-0.25, -0.2) is 0 Å². The lowest BCUT2D eigenvalue weighted by Crippen LogP contribution is -2.13. The zero-order chi connectivity index (χ0) is 12.6. The lowest BCUT2D eigenvalue weighted by molar-refractivity contribution is -0.118. The van der Waals surface area contributed by atoms with Gasteiger partial charge >= 0.3 is 0 Å². The number of allylic oxidation sites excluding steroid dienone is 2. The Balaban J connectivity index is 4.53. The summed E-state index contributed by atoms with van der Waals surface area (Å²) < 4.78 is 0. The quantitative estimate of drug-likeness (QED) is 0.496. The van der Waals surface area contributed by atoms with Crippen molar-refractivity contribution < 1.29 is 9.90 Å². The maximum Gasteiger partial charge on any atom is 0.162 e. The number of hydrogen-bond acceptors (Lipinski definition) is 2. The third-order valence-corrected chi connectivity index (χ3v) is 3.23. The first-order chi connectivity index (χ1) is 7.60. The Morgan fingerprint density at radius 1 is 1.06 bits per heavy atom. The molecule has 0 aromatic heterocycles. The van der Waals surface area contributed by atoms with Gasteiger partial charge in [-0.05, 0) is 25.7 Å². The molecule has 16 heavy (non-hydrogen) atoms. The van der Waals surface area contributed by atoms with Gasteiger partial charge in [0.1, 0.15) is 0 Å². The van der Waals surface area contributed by atoms with Crippen molar-refractivity contribution in [2.75, 3.05) is 0 Å². The average molecular weight is 226 g/mol. The van der Waals surface area contributed by atoms with Crippen LogP contribution in [0.4, 0.5) is 0 Å². The molecule has 0 bridgehead atoms. The standard InChI is InChI=1S/C14H26O2/c1-5-9-12(8-4)14(16)10-13(15)11(6-2)7-3/h10-12,15H,5-9H2,1-4H3/b13-10-. The van der Waals surface area contributed by atoms with Gasteiger partial charge < -0.3 is 5.11 Å². The number of carbonyl (C=O) groups is 1. The van der Waals surface area contributed by atoms with Crippen molar-refractivity contribution in [2.45, 2.75) is 59.8 Å². The summed E-state index contributed by atoms with van der Waals surface area (Å²) in [5, 5.41) is 9.83. The smallest absolute Gasteiger partial charge is 0.162 e. The summed E-state index contributed by atoms with van der Waals surface area (Å²) in [6.45, 7) is 8.18. The Kier molecular flexibility index (Phi) is 7.96. The highest BCUT2D eigenvalue weighted by atomic mass is 16.3. The molecule has 0 spiro atoms. The predicted molar refractivity (Wildman–Crippen MR) is 68.5 cm³/mol. The van der Waals surface area contributed by atoms with E-state index in [1.54, 1.807) is 0 Å². The van der Waals surface area contributed by atoms with Crippen molar-refractivity contribution in [3.8, 4) is 0 Å². The van der Waals surface area contributed by atoms with E-state index in [0.29, 0.717) is 0 Å². The second-order valence-corrected chi connectivity index (χ2v) is 4.38. The monoisotopic (exact) mass is 226 g/mol. The van der Waals surface area contributed by atoms with Crippen molar-refractivity contribution in [3.63, 3.8) is 0 Å². The molecule has 0 aromatic carbocycles. The highest BCUT2D eigenvalue weighted by Gasteiger charge is 2.16. The van der Waals surface area contributed by atoms with E-state index in [4.69, 9.17) is 0 Å². The first-order valence-electron chi connectivity index (χ1n) is 6.54. The fourth-order valence-electron chi connectivity index (χ4n) is 1.98. The Morgan fingerprint density at radius 2 is 1.56 bits per heavy atom. The zero-order valence-electron chi connectivity index (χ0n) is 11.1. The molecule has 0 aromatic rings. The van der Waals surface area contributed by atoms with Crippen LogP contribution in [0, 0.1) is 11.8 Å². The summed E-state index contributed by atoms with van der Waals surface area (Å²) >= 11 is 0. The Bertz CT molecular complexity index is 227. The van der Waals surface area contributed by atoms with Crippen molar-refractivity contribution in [1.82, 2.24) is 0 Å². The van der Waals surface area contributed by atoms with Crippen LogP contribution in [0.15, 0.2) is 11.8 Å². The lowest BCUT2D eigenvalue weighted by Gasteiger charge is -2.13. The van der Waals surface area contributed by atoms with Crippen LogP contribution in [0.1, 0.15) is 59.8 Å². The highest BCUT2D eigenvalue weighted by molar-refractivity contribution is 5.92. The highest BCUT2D eigenvalue weighted by Crippen LogP contribution is 2.19. The van der Waals surface area contributed by atoms with Crippen LogP contribution in [-0.2, 0) is 4.79 Å². The maximum atomic E-state index is 11.9. The topological polar surface area (TPSA) is 37.3 Å². The predicted octanol–water partition coefficient (Wildman–Crippen LogP) is 4.26. The molecule has 2 nitrogen and oxygen atoms in total. The van der Waals surface area contributed by atoms with Crippen molar-refractivity contribution in [3.05, 3.63) is 11.8 Å². The fourth-order valence-corrected chi connectivity index (χ4v) is 1.98. The molecule has 0 rings (SSSR count). The van der Waals surface area contributed by atoms with Crippen LogP contribution in [0.25, 0.3) is 0 Å². The van der Waals surface area contributed by atoms with E-state index in [1.165, 1.54) is 6.08 Å². The van der Waals surface area contributed by atoms with Gasteiger partial charge in [0.15, 0.2) is 5.78 Å². The SMILES string of the molecule is CCCC(CC)C(=O)/C=C(\O)C(CC)CC. The molecule has 1 atom stereocenters. The second-order valence-electron chi connectivity index (χ2n) is 4.38. The third kappa shape index (κ3) is 4.82. The van der Waals surface area contributed by atoms with Crippen LogP contribution in [0.2, 0.25) is 0 Å². The van der Waals surface area contributed by atoms with Crippen LogP contribution >= 0.6 is 0 Å². The molecule has 0 heterocycles. The molecule has 0 fully saturated rings. The molecule has 0 radical (unpaired) electrons. The molecule has 94 valence electrons.